The Hall–Kier alpha value is -3.74. The van der Waals surface area contributed by atoms with E-state index in [1.54, 1.807) is 36.4 Å². The number of primary amides is 1. The molecule has 4 rings (SSSR count). The van der Waals surface area contributed by atoms with Gasteiger partial charge < -0.3 is 11.1 Å². The van der Waals surface area contributed by atoms with Crippen molar-refractivity contribution in [3.63, 3.8) is 0 Å². The number of hydrogen-bond acceptors (Lipinski definition) is 4. The summed E-state index contributed by atoms with van der Waals surface area (Å²) >= 11 is 0. The van der Waals surface area contributed by atoms with Gasteiger partial charge in [-0.25, -0.2) is 4.68 Å². The molecule has 3 aromatic rings. The molecule has 0 bridgehead atoms. The quantitative estimate of drug-likeness (QED) is 0.648. The molecular weight excluding hydrogens is 404 g/mol. The van der Waals surface area contributed by atoms with Gasteiger partial charge in [0.1, 0.15) is 5.78 Å². The standard InChI is InChI=1S/C25H26N4O3/c1-15(27-24(32)17-7-5-4-6-8-17)22-19-13-21(30)25(2,3)14-20(19)29(28-22)18-11-9-16(10-12-18)23(26)31/h4-12,15H,13-14H2,1-3H3,(H2,26,31)(H,27,32). The molecule has 1 unspecified atom stereocenters. The van der Waals surface area contributed by atoms with Crippen molar-refractivity contribution in [3.05, 3.63) is 82.7 Å². The number of nitrogens with two attached hydrogens (primary N) is 1. The molecule has 7 heteroatoms. The van der Waals surface area contributed by atoms with E-state index < -0.39 is 17.4 Å². The lowest BCUT2D eigenvalue weighted by atomic mass is 9.75. The average Bonchev–Trinajstić information content (AvgIpc) is 3.12. The molecule has 1 heterocycles. The maximum Gasteiger partial charge on any atom is 0.251 e. The Bertz CT molecular complexity index is 1190. The number of aromatic nitrogens is 2. The zero-order chi connectivity index (χ0) is 23.0. The van der Waals surface area contributed by atoms with E-state index in [9.17, 15) is 14.4 Å². The highest BCUT2D eigenvalue weighted by atomic mass is 16.2. The van der Waals surface area contributed by atoms with E-state index in [1.165, 1.54) is 0 Å². The first-order valence-electron chi connectivity index (χ1n) is 10.6. The van der Waals surface area contributed by atoms with E-state index in [-0.39, 0.29) is 18.1 Å². The lowest BCUT2D eigenvalue weighted by molar-refractivity contribution is -0.127. The largest absolute Gasteiger partial charge is 0.366 e. The van der Waals surface area contributed by atoms with Crippen molar-refractivity contribution in [3.8, 4) is 5.69 Å². The van der Waals surface area contributed by atoms with Gasteiger partial charge in [0.25, 0.3) is 5.91 Å². The Balaban J connectivity index is 1.74. The molecule has 2 amide bonds. The van der Waals surface area contributed by atoms with Crippen LogP contribution < -0.4 is 11.1 Å². The van der Waals surface area contributed by atoms with Crippen LogP contribution in [0.4, 0.5) is 0 Å². The van der Waals surface area contributed by atoms with Crippen LogP contribution >= 0.6 is 0 Å². The SMILES string of the molecule is CC(NC(=O)c1ccccc1)c1nn(-c2ccc(C(N)=O)cc2)c2c1CC(=O)C(C)(C)C2. The highest BCUT2D eigenvalue weighted by Gasteiger charge is 2.38. The van der Waals surface area contributed by atoms with Gasteiger partial charge in [-0.3, -0.25) is 14.4 Å². The number of fused-ring (bicyclic) bond motifs is 1. The highest BCUT2D eigenvalue weighted by Crippen LogP contribution is 2.36. The smallest absolute Gasteiger partial charge is 0.251 e. The molecule has 1 atom stereocenters. The topological polar surface area (TPSA) is 107 Å². The number of hydrogen-bond donors (Lipinski definition) is 2. The van der Waals surface area contributed by atoms with E-state index >= 15 is 0 Å². The van der Waals surface area contributed by atoms with Crippen molar-refractivity contribution in [2.75, 3.05) is 0 Å². The van der Waals surface area contributed by atoms with Gasteiger partial charge in [0, 0.05) is 40.6 Å². The number of carbonyl (C=O) groups is 3. The predicted octanol–water partition coefficient (Wildman–Crippen LogP) is 3.16. The highest BCUT2D eigenvalue weighted by molar-refractivity contribution is 5.94. The van der Waals surface area contributed by atoms with E-state index in [1.807, 2.05) is 43.7 Å². The van der Waals surface area contributed by atoms with Gasteiger partial charge in [-0.05, 0) is 43.3 Å². The van der Waals surface area contributed by atoms with Gasteiger partial charge in [0.2, 0.25) is 5.91 Å². The average molecular weight is 431 g/mol. The summed E-state index contributed by atoms with van der Waals surface area (Å²) in [7, 11) is 0. The van der Waals surface area contributed by atoms with Gasteiger partial charge in [0.05, 0.1) is 17.4 Å². The van der Waals surface area contributed by atoms with Crippen LogP contribution in [-0.2, 0) is 17.6 Å². The molecule has 1 aromatic heterocycles. The van der Waals surface area contributed by atoms with Crippen molar-refractivity contribution in [2.45, 2.75) is 39.7 Å². The zero-order valence-electron chi connectivity index (χ0n) is 18.4. The molecule has 0 aliphatic heterocycles. The monoisotopic (exact) mass is 430 g/mol. The molecule has 0 saturated heterocycles. The van der Waals surface area contributed by atoms with Crippen molar-refractivity contribution < 1.29 is 14.4 Å². The molecule has 1 aliphatic carbocycles. The van der Waals surface area contributed by atoms with Crippen molar-refractivity contribution in [2.24, 2.45) is 11.1 Å². The van der Waals surface area contributed by atoms with E-state index in [0.29, 0.717) is 23.2 Å². The van der Waals surface area contributed by atoms with Crippen LogP contribution in [0.3, 0.4) is 0 Å². The first kappa shape index (κ1) is 21.5. The summed E-state index contributed by atoms with van der Waals surface area (Å²) in [5.41, 5.74) is 9.07. The van der Waals surface area contributed by atoms with Crippen LogP contribution in [0.15, 0.2) is 54.6 Å². The first-order valence-corrected chi connectivity index (χ1v) is 10.6. The second-order valence-corrected chi connectivity index (χ2v) is 8.86. The van der Waals surface area contributed by atoms with Crippen molar-refractivity contribution in [1.29, 1.82) is 0 Å². The summed E-state index contributed by atoms with van der Waals surface area (Å²) in [4.78, 5) is 36.9. The molecule has 1 aliphatic rings. The van der Waals surface area contributed by atoms with Gasteiger partial charge in [-0.2, -0.15) is 5.10 Å². The molecular formula is C25H26N4O3. The Morgan fingerprint density at radius 1 is 1.06 bits per heavy atom. The summed E-state index contributed by atoms with van der Waals surface area (Å²) in [6.07, 6.45) is 0.799. The van der Waals surface area contributed by atoms with Crippen LogP contribution in [0.2, 0.25) is 0 Å². The fraction of sp³-hybridized carbons (Fsp3) is 0.280. The van der Waals surface area contributed by atoms with Crippen molar-refractivity contribution >= 4 is 17.6 Å². The first-order chi connectivity index (χ1) is 15.2. The van der Waals surface area contributed by atoms with E-state index in [0.717, 1.165) is 16.9 Å². The van der Waals surface area contributed by atoms with Crippen LogP contribution in [-0.4, -0.2) is 27.4 Å². The zero-order valence-corrected chi connectivity index (χ0v) is 18.4. The fourth-order valence-corrected chi connectivity index (χ4v) is 4.06. The maximum absolute atomic E-state index is 12.8. The fourth-order valence-electron chi connectivity index (χ4n) is 4.06. The Morgan fingerprint density at radius 3 is 2.34 bits per heavy atom. The minimum Gasteiger partial charge on any atom is -0.366 e. The third-order valence-corrected chi connectivity index (χ3v) is 6.01. The third kappa shape index (κ3) is 3.93. The number of ketones is 1. The lowest BCUT2D eigenvalue weighted by Gasteiger charge is -2.29. The molecule has 3 N–H and O–H groups in total. The molecule has 7 nitrogen and oxygen atoms in total. The molecule has 0 radical (unpaired) electrons. The Kier molecular flexibility index (Phi) is 5.42. The van der Waals surface area contributed by atoms with Crippen LogP contribution in [0.5, 0.6) is 0 Å². The van der Waals surface area contributed by atoms with Gasteiger partial charge in [0.15, 0.2) is 0 Å². The molecule has 0 fully saturated rings. The minimum absolute atomic E-state index is 0.150. The van der Waals surface area contributed by atoms with Crippen LogP contribution in [0.1, 0.15) is 64.5 Å². The molecule has 2 aromatic carbocycles. The minimum atomic E-state index is -0.508. The predicted molar refractivity (Wildman–Crippen MR) is 121 cm³/mol. The maximum atomic E-state index is 12.8. The van der Waals surface area contributed by atoms with Crippen LogP contribution in [0, 0.1) is 5.41 Å². The number of nitrogens with one attached hydrogen (secondary N) is 1. The summed E-state index contributed by atoms with van der Waals surface area (Å²) in [6.45, 7) is 5.74. The van der Waals surface area contributed by atoms with Crippen molar-refractivity contribution in [1.82, 2.24) is 15.1 Å². The van der Waals surface area contributed by atoms with E-state index in [4.69, 9.17) is 10.8 Å². The number of benzene rings is 2. The normalized spacial score (nSPS) is 15.7. The lowest BCUT2D eigenvalue weighted by Crippen LogP contribution is -2.34. The van der Waals surface area contributed by atoms with Crippen LogP contribution in [0.25, 0.3) is 5.69 Å². The Morgan fingerprint density at radius 2 is 1.72 bits per heavy atom. The third-order valence-electron chi connectivity index (χ3n) is 6.01. The number of Topliss-reactive ketones (excluding diaryl/α,β-unsaturated/α-hetero) is 1. The molecule has 32 heavy (non-hydrogen) atoms. The van der Waals surface area contributed by atoms with Gasteiger partial charge in [-0.15, -0.1) is 0 Å². The Labute approximate surface area is 186 Å². The van der Waals surface area contributed by atoms with Gasteiger partial charge in [-0.1, -0.05) is 32.0 Å². The summed E-state index contributed by atoms with van der Waals surface area (Å²) in [5.74, 6) is -0.546. The summed E-state index contributed by atoms with van der Waals surface area (Å²) < 4.78 is 1.81. The van der Waals surface area contributed by atoms with E-state index in [2.05, 4.69) is 5.32 Å². The van der Waals surface area contributed by atoms with Gasteiger partial charge >= 0.3 is 0 Å². The molecule has 164 valence electrons. The number of nitrogens with zero attached hydrogens (tertiary/aromatic N) is 2. The number of amides is 2. The second kappa shape index (κ2) is 8.07. The molecule has 0 saturated carbocycles. The summed E-state index contributed by atoms with van der Waals surface area (Å²) in [5, 5.41) is 7.82. The number of rotatable bonds is 5. The second-order valence-electron chi connectivity index (χ2n) is 8.86. The molecule has 0 spiro atoms. The summed E-state index contributed by atoms with van der Waals surface area (Å²) in [6, 6.07) is 15.5. The number of carbonyl (C=O) groups excluding carboxylic acids is 3.